The van der Waals surface area contributed by atoms with Crippen LogP contribution in [0.2, 0.25) is 0 Å². The number of likely N-dealkylation sites (tertiary alicyclic amines) is 1. The van der Waals surface area contributed by atoms with Crippen molar-refractivity contribution in [2.24, 2.45) is 0 Å². The Bertz CT molecular complexity index is 784. The molecule has 28 heavy (non-hydrogen) atoms. The lowest BCUT2D eigenvalue weighted by Crippen LogP contribution is -2.44. The molecule has 2 aromatic rings. The van der Waals surface area contributed by atoms with E-state index >= 15 is 0 Å². The molecule has 152 valence electrons. The molecule has 0 amide bonds. The van der Waals surface area contributed by atoms with Gasteiger partial charge in [-0.1, -0.05) is 24.3 Å². The van der Waals surface area contributed by atoms with Gasteiger partial charge in [-0.15, -0.1) is 0 Å². The van der Waals surface area contributed by atoms with Crippen LogP contribution in [0.3, 0.4) is 0 Å². The maximum atomic E-state index is 12.9. The standard InChI is InChI=1S/C21H24F3NO3/c1-28-18-7-5-15(6-8-18)19(26)14-25-11-9-20(27,10-12-25)16-3-2-4-17(13-16)21(22,23)24/h2-8,13,19,26-27H,9-12,14H2,1H3/t19-/m1/s1. The van der Waals surface area contributed by atoms with Crippen molar-refractivity contribution in [3.8, 4) is 5.75 Å². The van der Waals surface area contributed by atoms with E-state index in [1.807, 2.05) is 4.90 Å². The van der Waals surface area contributed by atoms with E-state index in [-0.39, 0.29) is 5.56 Å². The van der Waals surface area contributed by atoms with Crippen LogP contribution >= 0.6 is 0 Å². The summed E-state index contributed by atoms with van der Waals surface area (Å²) in [5.74, 6) is 0.708. The zero-order valence-corrected chi connectivity index (χ0v) is 15.6. The lowest BCUT2D eigenvalue weighted by Gasteiger charge is -2.39. The Morgan fingerprint density at radius 2 is 1.75 bits per heavy atom. The summed E-state index contributed by atoms with van der Waals surface area (Å²) in [6.07, 6.45) is -4.51. The number of rotatable bonds is 5. The fourth-order valence-electron chi connectivity index (χ4n) is 3.56. The summed E-state index contributed by atoms with van der Waals surface area (Å²) < 4.78 is 43.9. The normalized spacial score (nSPS) is 18.6. The van der Waals surface area contributed by atoms with Crippen molar-refractivity contribution in [1.82, 2.24) is 4.90 Å². The summed E-state index contributed by atoms with van der Waals surface area (Å²) >= 11 is 0. The minimum Gasteiger partial charge on any atom is -0.497 e. The summed E-state index contributed by atoms with van der Waals surface area (Å²) in [5.41, 5.74) is -0.990. The lowest BCUT2D eigenvalue weighted by atomic mass is 9.83. The molecule has 1 aliphatic rings. The number of β-amino-alcohol motifs (C(OH)–C–C–N with tert-alkyl or cyclic N) is 1. The third-order valence-electron chi connectivity index (χ3n) is 5.34. The van der Waals surface area contributed by atoms with E-state index in [4.69, 9.17) is 4.74 Å². The van der Waals surface area contributed by atoms with Crippen LogP contribution in [0.25, 0.3) is 0 Å². The number of piperidine rings is 1. The van der Waals surface area contributed by atoms with Crippen LogP contribution in [-0.4, -0.2) is 41.9 Å². The van der Waals surface area contributed by atoms with Crippen LogP contribution in [0.1, 0.15) is 35.6 Å². The van der Waals surface area contributed by atoms with E-state index < -0.39 is 23.4 Å². The predicted octanol–water partition coefficient (Wildman–Crippen LogP) is 3.73. The lowest BCUT2D eigenvalue weighted by molar-refractivity contribution is -0.137. The van der Waals surface area contributed by atoms with Crippen molar-refractivity contribution in [2.45, 2.75) is 30.7 Å². The Kier molecular flexibility index (Phi) is 5.98. The minimum atomic E-state index is -4.43. The first-order valence-electron chi connectivity index (χ1n) is 9.16. The van der Waals surface area contributed by atoms with Crippen LogP contribution in [0.5, 0.6) is 5.75 Å². The highest BCUT2D eigenvalue weighted by molar-refractivity contribution is 5.31. The fraction of sp³-hybridized carbons (Fsp3) is 0.429. The second-order valence-electron chi connectivity index (χ2n) is 7.20. The van der Waals surface area contributed by atoms with Gasteiger partial charge in [-0.2, -0.15) is 13.2 Å². The highest BCUT2D eigenvalue weighted by atomic mass is 19.4. The molecule has 0 spiro atoms. The smallest absolute Gasteiger partial charge is 0.416 e. The number of nitrogens with zero attached hydrogens (tertiary/aromatic N) is 1. The Morgan fingerprint density at radius 3 is 2.32 bits per heavy atom. The number of alkyl halides is 3. The largest absolute Gasteiger partial charge is 0.497 e. The molecule has 0 radical (unpaired) electrons. The van der Waals surface area contributed by atoms with E-state index in [1.54, 1.807) is 31.4 Å². The number of hydrogen-bond donors (Lipinski definition) is 2. The summed E-state index contributed by atoms with van der Waals surface area (Å²) in [6, 6.07) is 12.1. The van der Waals surface area contributed by atoms with Gasteiger partial charge in [0, 0.05) is 19.6 Å². The molecule has 3 rings (SSSR count). The number of aliphatic hydroxyl groups excluding tert-OH is 1. The van der Waals surface area contributed by atoms with Gasteiger partial charge in [-0.25, -0.2) is 0 Å². The van der Waals surface area contributed by atoms with E-state index in [0.29, 0.717) is 38.2 Å². The monoisotopic (exact) mass is 395 g/mol. The predicted molar refractivity (Wildman–Crippen MR) is 99.0 cm³/mol. The zero-order chi connectivity index (χ0) is 20.4. The maximum Gasteiger partial charge on any atom is 0.416 e. The molecule has 7 heteroatoms. The molecule has 2 aromatic carbocycles. The van der Waals surface area contributed by atoms with Crippen molar-refractivity contribution >= 4 is 0 Å². The molecular formula is C21H24F3NO3. The van der Waals surface area contributed by atoms with Crippen molar-refractivity contribution in [2.75, 3.05) is 26.7 Å². The molecule has 0 saturated carbocycles. The minimum absolute atomic E-state index is 0.290. The Hall–Kier alpha value is -2.09. The first-order valence-corrected chi connectivity index (χ1v) is 9.16. The van der Waals surface area contributed by atoms with Crippen LogP contribution in [-0.2, 0) is 11.8 Å². The number of halogens is 3. The third kappa shape index (κ3) is 4.66. The molecule has 1 saturated heterocycles. The van der Waals surface area contributed by atoms with Crippen LogP contribution in [0.4, 0.5) is 13.2 Å². The Morgan fingerprint density at radius 1 is 1.11 bits per heavy atom. The molecular weight excluding hydrogens is 371 g/mol. The Labute approximate surface area is 162 Å². The highest BCUT2D eigenvalue weighted by Gasteiger charge is 2.37. The van der Waals surface area contributed by atoms with Gasteiger partial charge < -0.3 is 19.8 Å². The summed E-state index contributed by atoms with van der Waals surface area (Å²) in [6.45, 7) is 1.37. The number of hydrogen-bond acceptors (Lipinski definition) is 4. The van der Waals surface area contributed by atoms with Gasteiger partial charge >= 0.3 is 6.18 Å². The highest BCUT2D eigenvalue weighted by Crippen LogP contribution is 2.37. The SMILES string of the molecule is COc1ccc([C@H](O)CN2CCC(O)(c3cccc(C(F)(F)F)c3)CC2)cc1. The molecule has 1 fully saturated rings. The molecule has 1 heterocycles. The number of methoxy groups -OCH3 is 1. The van der Waals surface area contributed by atoms with Gasteiger partial charge in [0.25, 0.3) is 0 Å². The van der Waals surface area contributed by atoms with Crippen molar-refractivity contribution in [1.29, 1.82) is 0 Å². The van der Waals surface area contributed by atoms with Gasteiger partial charge in [-0.3, -0.25) is 0 Å². The summed E-state index contributed by atoms with van der Waals surface area (Å²) in [7, 11) is 1.57. The van der Waals surface area contributed by atoms with E-state index in [9.17, 15) is 23.4 Å². The van der Waals surface area contributed by atoms with Gasteiger partial charge in [0.05, 0.1) is 24.4 Å². The molecule has 0 bridgehead atoms. The molecule has 0 aromatic heterocycles. The van der Waals surface area contributed by atoms with Gasteiger partial charge in [0.1, 0.15) is 5.75 Å². The van der Waals surface area contributed by atoms with Crippen LogP contribution in [0.15, 0.2) is 48.5 Å². The van der Waals surface area contributed by atoms with Gasteiger partial charge in [0.2, 0.25) is 0 Å². The van der Waals surface area contributed by atoms with Crippen molar-refractivity contribution in [3.05, 3.63) is 65.2 Å². The second kappa shape index (κ2) is 8.11. The second-order valence-corrected chi connectivity index (χ2v) is 7.20. The zero-order valence-electron chi connectivity index (χ0n) is 15.6. The molecule has 0 unspecified atom stereocenters. The Balaban J connectivity index is 1.62. The van der Waals surface area contributed by atoms with E-state index in [0.717, 1.165) is 17.7 Å². The number of ether oxygens (including phenoxy) is 1. The molecule has 4 nitrogen and oxygen atoms in total. The maximum absolute atomic E-state index is 12.9. The van der Waals surface area contributed by atoms with Gasteiger partial charge in [-0.05, 0) is 48.2 Å². The average molecular weight is 395 g/mol. The van der Waals surface area contributed by atoms with Gasteiger partial charge in [0.15, 0.2) is 0 Å². The number of benzene rings is 2. The van der Waals surface area contributed by atoms with Crippen molar-refractivity contribution < 1.29 is 28.1 Å². The van der Waals surface area contributed by atoms with E-state index in [1.165, 1.54) is 12.1 Å². The van der Waals surface area contributed by atoms with Crippen LogP contribution in [0, 0.1) is 0 Å². The van der Waals surface area contributed by atoms with Crippen LogP contribution < -0.4 is 4.74 Å². The molecule has 1 atom stereocenters. The molecule has 2 N–H and O–H groups in total. The fourth-order valence-corrected chi connectivity index (χ4v) is 3.56. The quantitative estimate of drug-likeness (QED) is 0.810. The number of aliphatic hydroxyl groups is 2. The average Bonchev–Trinajstić information content (AvgIpc) is 2.69. The summed E-state index contributed by atoms with van der Waals surface area (Å²) in [4.78, 5) is 2.01. The first-order chi connectivity index (χ1) is 13.2. The third-order valence-corrected chi connectivity index (χ3v) is 5.34. The summed E-state index contributed by atoms with van der Waals surface area (Å²) in [5, 5.41) is 21.3. The molecule has 1 aliphatic heterocycles. The molecule has 0 aliphatic carbocycles. The first kappa shape index (κ1) is 20.6. The van der Waals surface area contributed by atoms with Crippen molar-refractivity contribution in [3.63, 3.8) is 0 Å². The topological polar surface area (TPSA) is 52.9 Å². The van der Waals surface area contributed by atoms with E-state index in [2.05, 4.69) is 0 Å².